The number of rotatable bonds is 10. The molecular weight excluding hydrogens is 472 g/mol. The predicted molar refractivity (Wildman–Crippen MR) is 127 cm³/mol. The van der Waals surface area contributed by atoms with Gasteiger partial charge in [-0.1, -0.05) is 46.3 Å². The highest BCUT2D eigenvalue weighted by atomic mass is 79.9. The lowest BCUT2D eigenvalue weighted by Crippen LogP contribution is -2.33. The van der Waals surface area contributed by atoms with Crippen LogP contribution in [-0.2, 0) is 22.4 Å². The Bertz CT molecular complexity index is 895. The third kappa shape index (κ3) is 6.24. The van der Waals surface area contributed by atoms with Crippen LogP contribution < -0.4 is 4.74 Å². The summed E-state index contributed by atoms with van der Waals surface area (Å²) in [5.41, 5.74) is 2.40. The molecule has 32 heavy (non-hydrogen) atoms. The van der Waals surface area contributed by atoms with E-state index in [1.54, 1.807) is 12.0 Å². The van der Waals surface area contributed by atoms with E-state index in [0.29, 0.717) is 32.2 Å². The number of likely N-dealkylation sites (tertiary alicyclic amines) is 1. The monoisotopic (exact) mass is 502 g/mol. The van der Waals surface area contributed by atoms with Crippen molar-refractivity contribution < 1.29 is 19.0 Å². The number of cyclic esters (lactones) is 1. The predicted octanol–water partition coefficient (Wildman–Crippen LogP) is 4.36. The summed E-state index contributed by atoms with van der Waals surface area (Å²) in [6.07, 6.45) is 1.89. The molecule has 2 aromatic rings. The molecule has 0 radical (unpaired) electrons. The molecule has 2 atom stereocenters. The van der Waals surface area contributed by atoms with Gasteiger partial charge in [0.25, 0.3) is 0 Å². The van der Waals surface area contributed by atoms with Crippen molar-refractivity contribution in [3.8, 4) is 5.75 Å². The zero-order valence-corrected chi connectivity index (χ0v) is 20.1. The number of ether oxygens (including phenoxy) is 3. The molecule has 0 aromatic heterocycles. The van der Waals surface area contributed by atoms with Gasteiger partial charge < -0.3 is 19.1 Å². The van der Waals surface area contributed by atoms with Crippen LogP contribution >= 0.6 is 15.9 Å². The number of hydrogen-bond donors (Lipinski definition) is 0. The second-order valence-corrected chi connectivity index (χ2v) is 9.44. The fourth-order valence-electron chi connectivity index (χ4n) is 4.49. The van der Waals surface area contributed by atoms with Crippen LogP contribution in [0.3, 0.4) is 0 Å². The van der Waals surface area contributed by atoms with Gasteiger partial charge in [0, 0.05) is 31.2 Å². The summed E-state index contributed by atoms with van der Waals surface area (Å²) in [4.78, 5) is 16.5. The Balaban J connectivity index is 1.25. The maximum Gasteiger partial charge on any atom is 0.410 e. The van der Waals surface area contributed by atoms with Gasteiger partial charge in [-0.05, 0) is 54.6 Å². The molecule has 4 rings (SSSR count). The molecule has 6 nitrogen and oxygen atoms in total. The maximum absolute atomic E-state index is 12.3. The minimum absolute atomic E-state index is 0.0609. The maximum atomic E-state index is 12.3. The van der Waals surface area contributed by atoms with Crippen molar-refractivity contribution in [2.75, 3.05) is 46.5 Å². The SMILES string of the molecule is COCCOc1ccc(Br)c(CC2CCN(CC3CN(Cc4ccccc4)C(=O)O3)C2)c1. The number of amides is 1. The molecule has 0 aliphatic carbocycles. The van der Waals surface area contributed by atoms with Gasteiger partial charge in [-0.2, -0.15) is 0 Å². The first kappa shape index (κ1) is 23.1. The molecule has 0 saturated carbocycles. The molecule has 1 amide bonds. The average Bonchev–Trinajstić information content (AvgIpc) is 3.37. The van der Waals surface area contributed by atoms with Crippen molar-refractivity contribution in [3.63, 3.8) is 0 Å². The lowest BCUT2D eigenvalue weighted by Gasteiger charge is -2.19. The molecule has 2 heterocycles. The van der Waals surface area contributed by atoms with Gasteiger partial charge >= 0.3 is 6.09 Å². The van der Waals surface area contributed by atoms with Crippen molar-refractivity contribution >= 4 is 22.0 Å². The zero-order valence-electron chi connectivity index (χ0n) is 18.5. The second kappa shape index (κ2) is 11.2. The number of carbonyl (C=O) groups is 1. The van der Waals surface area contributed by atoms with Crippen molar-refractivity contribution in [1.82, 2.24) is 9.80 Å². The van der Waals surface area contributed by atoms with Gasteiger partial charge in [0.1, 0.15) is 18.5 Å². The number of hydrogen-bond acceptors (Lipinski definition) is 5. The fourth-order valence-corrected chi connectivity index (χ4v) is 4.90. The van der Waals surface area contributed by atoms with E-state index in [-0.39, 0.29) is 12.2 Å². The quantitative estimate of drug-likeness (QED) is 0.451. The van der Waals surface area contributed by atoms with Gasteiger partial charge in [0.2, 0.25) is 0 Å². The summed E-state index contributed by atoms with van der Waals surface area (Å²) >= 11 is 3.69. The van der Waals surface area contributed by atoms with Crippen LogP contribution in [0.25, 0.3) is 0 Å². The highest BCUT2D eigenvalue weighted by Gasteiger charge is 2.34. The van der Waals surface area contributed by atoms with E-state index in [4.69, 9.17) is 14.2 Å². The van der Waals surface area contributed by atoms with Gasteiger partial charge in [-0.25, -0.2) is 4.79 Å². The highest BCUT2D eigenvalue weighted by molar-refractivity contribution is 9.10. The Morgan fingerprint density at radius 1 is 1.12 bits per heavy atom. The van der Waals surface area contributed by atoms with E-state index in [2.05, 4.69) is 33.0 Å². The molecule has 2 fully saturated rings. The number of carbonyl (C=O) groups excluding carboxylic acids is 1. The molecule has 2 saturated heterocycles. The Morgan fingerprint density at radius 3 is 2.78 bits per heavy atom. The third-order valence-corrected chi connectivity index (χ3v) is 6.85. The summed E-state index contributed by atoms with van der Waals surface area (Å²) in [7, 11) is 1.68. The lowest BCUT2D eigenvalue weighted by atomic mass is 9.98. The topological polar surface area (TPSA) is 51.2 Å². The molecular formula is C25H31BrN2O4. The van der Waals surface area contributed by atoms with Crippen molar-refractivity contribution in [2.45, 2.75) is 25.5 Å². The first-order valence-electron chi connectivity index (χ1n) is 11.2. The second-order valence-electron chi connectivity index (χ2n) is 8.58. The Labute approximate surface area is 198 Å². The molecule has 2 unspecified atom stereocenters. The summed E-state index contributed by atoms with van der Waals surface area (Å²) in [5.74, 6) is 1.46. The summed E-state index contributed by atoms with van der Waals surface area (Å²) in [6, 6.07) is 16.2. The molecule has 0 bridgehead atoms. The minimum Gasteiger partial charge on any atom is -0.491 e. The van der Waals surface area contributed by atoms with Crippen molar-refractivity contribution in [3.05, 3.63) is 64.1 Å². The fraction of sp³-hybridized carbons (Fsp3) is 0.480. The summed E-state index contributed by atoms with van der Waals surface area (Å²) in [6.45, 7) is 5.26. The molecule has 172 valence electrons. The van der Waals surface area contributed by atoms with E-state index < -0.39 is 0 Å². The number of benzene rings is 2. The van der Waals surface area contributed by atoms with E-state index in [1.807, 2.05) is 36.4 Å². The Kier molecular flexibility index (Phi) is 8.05. The van der Waals surface area contributed by atoms with Crippen LogP contribution in [0.15, 0.2) is 53.0 Å². The van der Waals surface area contributed by atoms with E-state index >= 15 is 0 Å². The zero-order chi connectivity index (χ0) is 22.3. The Hall–Kier alpha value is -2.09. The molecule has 0 spiro atoms. The normalized spacial score (nSPS) is 21.2. The largest absolute Gasteiger partial charge is 0.491 e. The van der Waals surface area contributed by atoms with E-state index in [9.17, 15) is 4.79 Å². The van der Waals surface area contributed by atoms with E-state index in [1.165, 1.54) is 5.56 Å². The molecule has 2 aliphatic heterocycles. The molecule has 7 heteroatoms. The van der Waals surface area contributed by atoms with Crippen LogP contribution in [0, 0.1) is 5.92 Å². The van der Waals surface area contributed by atoms with Crippen LogP contribution in [0.4, 0.5) is 4.79 Å². The Morgan fingerprint density at radius 2 is 1.97 bits per heavy atom. The first-order chi connectivity index (χ1) is 15.6. The number of methoxy groups -OCH3 is 1. The van der Waals surface area contributed by atoms with Crippen LogP contribution in [-0.4, -0.2) is 68.5 Å². The van der Waals surface area contributed by atoms with Crippen LogP contribution in [0.5, 0.6) is 5.75 Å². The van der Waals surface area contributed by atoms with Crippen LogP contribution in [0.2, 0.25) is 0 Å². The molecule has 2 aromatic carbocycles. The first-order valence-corrected chi connectivity index (χ1v) is 12.0. The number of halogens is 1. The summed E-state index contributed by atoms with van der Waals surface area (Å²) < 4.78 is 17.6. The minimum atomic E-state index is -0.205. The van der Waals surface area contributed by atoms with Gasteiger partial charge in [0.15, 0.2) is 0 Å². The highest BCUT2D eigenvalue weighted by Crippen LogP contribution is 2.29. The van der Waals surface area contributed by atoms with Gasteiger partial charge in [-0.3, -0.25) is 4.90 Å². The van der Waals surface area contributed by atoms with Gasteiger partial charge in [0.05, 0.1) is 13.2 Å². The van der Waals surface area contributed by atoms with Crippen molar-refractivity contribution in [2.24, 2.45) is 5.92 Å². The van der Waals surface area contributed by atoms with E-state index in [0.717, 1.165) is 48.3 Å². The smallest absolute Gasteiger partial charge is 0.410 e. The molecule has 2 aliphatic rings. The standard InChI is InChI=1S/C25H31BrN2O4/c1-30-11-12-31-22-7-8-24(26)21(14-22)13-20-9-10-27(15-20)17-23-18-28(25(29)32-23)16-19-5-3-2-4-6-19/h2-8,14,20,23H,9-13,15-18H2,1H3. The average molecular weight is 503 g/mol. The summed E-state index contributed by atoms with van der Waals surface area (Å²) in [5, 5.41) is 0. The molecule has 0 N–H and O–H groups in total. The van der Waals surface area contributed by atoms with Crippen molar-refractivity contribution in [1.29, 1.82) is 0 Å². The lowest BCUT2D eigenvalue weighted by molar-refractivity contribution is 0.112. The van der Waals surface area contributed by atoms with Crippen LogP contribution in [0.1, 0.15) is 17.5 Å². The van der Waals surface area contributed by atoms with Gasteiger partial charge in [-0.15, -0.1) is 0 Å². The third-order valence-electron chi connectivity index (χ3n) is 6.08. The number of nitrogens with zero attached hydrogens (tertiary/aromatic N) is 2.